The number of benzene rings is 1. The van der Waals surface area contributed by atoms with E-state index in [9.17, 15) is 9.18 Å². The van der Waals surface area contributed by atoms with Gasteiger partial charge in [0.2, 0.25) is 0 Å². The van der Waals surface area contributed by atoms with Gasteiger partial charge in [0, 0.05) is 13.0 Å². The third-order valence-electron chi connectivity index (χ3n) is 6.61. The second-order valence-electron chi connectivity index (χ2n) is 8.50. The summed E-state index contributed by atoms with van der Waals surface area (Å²) < 4.78 is 52.3. The third-order valence-corrected chi connectivity index (χ3v) is 6.61. The van der Waals surface area contributed by atoms with Crippen LogP contribution >= 0.6 is 0 Å². The van der Waals surface area contributed by atoms with E-state index in [0.29, 0.717) is 23.8 Å². The Morgan fingerprint density at radius 2 is 2.25 bits per heavy atom. The number of hydrogen-bond donors (Lipinski definition) is 0. The van der Waals surface area contributed by atoms with Crippen molar-refractivity contribution in [2.45, 2.75) is 37.4 Å². The lowest BCUT2D eigenvalue weighted by atomic mass is 9.82. The maximum atomic E-state index is 13.9. The summed E-state index contributed by atoms with van der Waals surface area (Å²) in [6.07, 6.45) is 2.97. The number of nitrogens with zero attached hydrogens (tertiary/aromatic N) is 2. The van der Waals surface area contributed by atoms with Crippen LogP contribution in [-0.4, -0.2) is 55.4 Å². The van der Waals surface area contributed by atoms with Gasteiger partial charge in [-0.15, -0.1) is 0 Å². The summed E-state index contributed by atoms with van der Waals surface area (Å²) in [6, 6.07) is 9.16. The lowest BCUT2D eigenvalue weighted by Crippen LogP contribution is -2.53. The van der Waals surface area contributed by atoms with Crippen molar-refractivity contribution in [3.05, 3.63) is 53.5 Å². The van der Waals surface area contributed by atoms with Crippen LogP contribution in [0.3, 0.4) is 0 Å². The number of amides is 1. The first kappa shape index (κ1) is 18.8. The molecule has 3 fully saturated rings. The molecule has 1 saturated carbocycles. The van der Waals surface area contributed by atoms with E-state index in [2.05, 4.69) is 4.98 Å². The molecule has 170 valence electrons. The molecule has 3 heterocycles. The Labute approximate surface area is 189 Å². The van der Waals surface area contributed by atoms with E-state index in [-0.39, 0.29) is 37.0 Å². The third kappa shape index (κ3) is 3.82. The number of hydrogen-bond acceptors (Lipinski definition) is 6. The lowest BCUT2D eigenvalue weighted by molar-refractivity contribution is -0.0441. The average Bonchev–Trinajstić information content (AvgIpc) is 3.08. The van der Waals surface area contributed by atoms with E-state index in [4.69, 9.17) is 21.7 Å². The molecule has 0 spiro atoms. The van der Waals surface area contributed by atoms with Crippen molar-refractivity contribution in [1.29, 1.82) is 0 Å². The minimum absolute atomic E-state index is 0.0682. The van der Waals surface area contributed by atoms with Gasteiger partial charge in [0.25, 0.3) is 11.8 Å². The minimum atomic E-state index is -2.35. The second-order valence-corrected chi connectivity index (χ2v) is 8.50. The van der Waals surface area contributed by atoms with Crippen LogP contribution in [0.2, 0.25) is 0 Å². The number of piperidine rings is 1. The zero-order valence-corrected chi connectivity index (χ0v) is 17.9. The first-order valence-electron chi connectivity index (χ1n) is 11.9. The van der Waals surface area contributed by atoms with Crippen LogP contribution in [0.5, 0.6) is 11.6 Å². The molecule has 1 aromatic carbocycles. The van der Waals surface area contributed by atoms with Gasteiger partial charge in [0.05, 0.1) is 23.0 Å². The van der Waals surface area contributed by atoms with Gasteiger partial charge in [-0.05, 0) is 48.6 Å². The van der Waals surface area contributed by atoms with Gasteiger partial charge in [0.15, 0.2) is 5.75 Å². The van der Waals surface area contributed by atoms with Gasteiger partial charge in [0.1, 0.15) is 30.0 Å². The van der Waals surface area contributed by atoms with Crippen LogP contribution in [0.15, 0.2) is 36.4 Å². The van der Waals surface area contributed by atoms with Crippen LogP contribution in [-0.2, 0) is 15.1 Å². The summed E-state index contributed by atoms with van der Waals surface area (Å²) in [5.74, 6) is 0.500. The van der Waals surface area contributed by atoms with Gasteiger partial charge in [-0.25, -0.2) is 9.37 Å². The number of methoxy groups -OCH3 is 1. The zero-order chi connectivity index (χ0) is 23.9. The second kappa shape index (κ2) is 8.67. The Bertz CT molecular complexity index is 1080. The Morgan fingerprint density at radius 3 is 3.00 bits per heavy atom. The molecule has 2 aromatic rings. The number of carbonyl (C=O) groups excluding carboxylic acids is 1. The molecule has 2 atom stereocenters. The van der Waals surface area contributed by atoms with Crippen LogP contribution in [0.4, 0.5) is 4.39 Å². The summed E-state index contributed by atoms with van der Waals surface area (Å²) >= 11 is 0. The van der Waals surface area contributed by atoms with E-state index in [1.807, 2.05) is 0 Å². The predicted molar refractivity (Wildman–Crippen MR) is 113 cm³/mol. The number of aromatic nitrogens is 1. The molecule has 8 heteroatoms. The van der Waals surface area contributed by atoms with Crippen molar-refractivity contribution in [2.24, 2.45) is 5.92 Å². The van der Waals surface area contributed by atoms with Gasteiger partial charge in [-0.1, -0.05) is 18.6 Å². The van der Waals surface area contributed by atoms with E-state index < -0.39 is 24.3 Å². The van der Waals surface area contributed by atoms with Crippen LogP contribution in [0.25, 0.3) is 0 Å². The lowest BCUT2D eigenvalue weighted by Gasteiger charge is -2.41. The molecule has 1 aromatic heterocycles. The van der Waals surface area contributed by atoms with Crippen molar-refractivity contribution in [3.8, 4) is 11.6 Å². The number of halogens is 1. The highest BCUT2D eigenvalue weighted by Gasteiger charge is 2.51. The highest BCUT2D eigenvalue weighted by atomic mass is 19.1. The summed E-state index contributed by atoms with van der Waals surface area (Å²) in [5, 5.41) is 0. The highest BCUT2D eigenvalue weighted by Crippen LogP contribution is 2.43. The molecular formula is C24H27FN2O5. The normalized spacial score (nSPS) is 27.7. The molecule has 2 aliphatic heterocycles. The molecule has 0 radical (unpaired) electrons. The molecule has 3 aliphatic rings. The first-order valence-corrected chi connectivity index (χ1v) is 10.9. The van der Waals surface area contributed by atoms with Gasteiger partial charge in [-0.3, -0.25) is 4.79 Å². The Kier molecular flexibility index (Phi) is 5.10. The molecule has 1 unspecified atom stereocenters. The maximum absolute atomic E-state index is 13.9. The smallest absolute Gasteiger partial charge is 0.272 e. The maximum Gasteiger partial charge on any atom is 0.272 e. The summed E-state index contributed by atoms with van der Waals surface area (Å²) in [4.78, 5) is 19.2. The standard InChI is InChI=1S/C24H27FN2O5/c1-29-22-20(30-14-16-4-2-5-16)9-8-19(26-22)23(28)27-11-10-24(21(13-27)31-15-32-24)17-6-3-7-18(25)12-17/h3,6-9,12,16,21H,2,4-5,10-11,13-15H2,1H3/t21?,24-/m1/s1/i15D2. The summed E-state index contributed by atoms with van der Waals surface area (Å²) in [5.41, 5.74) is -0.515. The Morgan fingerprint density at radius 1 is 1.38 bits per heavy atom. The predicted octanol–water partition coefficient (Wildman–Crippen LogP) is 3.52. The number of carbonyl (C=O) groups is 1. The summed E-state index contributed by atoms with van der Waals surface area (Å²) in [7, 11) is 1.48. The number of ether oxygens (including phenoxy) is 4. The molecule has 1 aliphatic carbocycles. The molecule has 1 amide bonds. The van der Waals surface area contributed by atoms with Crippen LogP contribution in [0.1, 0.15) is 44.5 Å². The number of pyridine rings is 1. The fourth-order valence-electron chi connectivity index (χ4n) is 4.46. The molecular weight excluding hydrogens is 415 g/mol. The van der Waals surface area contributed by atoms with Gasteiger partial charge < -0.3 is 23.8 Å². The highest BCUT2D eigenvalue weighted by molar-refractivity contribution is 5.92. The molecule has 0 N–H and O–H groups in total. The fraction of sp³-hybridized carbons (Fsp3) is 0.500. The van der Waals surface area contributed by atoms with Crippen molar-refractivity contribution >= 4 is 5.91 Å². The van der Waals surface area contributed by atoms with Crippen molar-refractivity contribution in [2.75, 3.05) is 33.6 Å². The van der Waals surface area contributed by atoms with E-state index in [1.54, 1.807) is 29.2 Å². The summed E-state index contributed by atoms with van der Waals surface area (Å²) in [6.45, 7) is -1.43. The minimum Gasteiger partial charge on any atom is -0.488 e. The fourth-order valence-corrected chi connectivity index (χ4v) is 4.46. The van der Waals surface area contributed by atoms with Gasteiger partial charge in [-0.2, -0.15) is 0 Å². The number of rotatable bonds is 6. The Balaban J connectivity index is 1.34. The molecule has 5 rings (SSSR count). The molecule has 2 saturated heterocycles. The first-order chi connectivity index (χ1) is 16.3. The van der Waals surface area contributed by atoms with Crippen LogP contribution in [0, 0.1) is 11.7 Å². The topological polar surface area (TPSA) is 70.1 Å². The largest absolute Gasteiger partial charge is 0.488 e. The molecule has 0 bridgehead atoms. The Hall–Kier alpha value is -2.71. The number of fused-ring (bicyclic) bond motifs is 1. The molecule has 7 nitrogen and oxygen atoms in total. The number of likely N-dealkylation sites (tertiary alicyclic amines) is 1. The molecule has 32 heavy (non-hydrogen) atoms. The van der Waals surface area contributed by atoms with E-state index in [0.717, 1.165) is 12.8 Å². The van der Waals surface area contributed by atoms with E-state index in [1.165, 1.54) is 25.7 Å². The van der Waals surface area contributed by atoms with Gasteiger partial charge >= 0.3 is 0 Å². The van der Waals surface area contributed by atoms with Crippen molar-refractivity contribution < 1.29 is 30.9 Å². The zero-order valence-electron chi connectivity index (χ0n) is 19.9. The van der Waals surface area contributed by atoms with Crippen molar-refractivity contribution in [1.82, 2.24) is 9.88 Å². The van der Waals surface area contributed by atoms with Crippen LogP contribution < -0.4 is 9.47 Å². The SMILES string of the molecule is [2H]C1([2H])OC2CN(C(=O)c3ccc(OCC4CCC4)c(OC)n3)CC[C@]2(c2cccc(F)c2)O1. The van der Waals surface area contributed by atoms with Crippen molar-refractivity contribution in [3.63, 3.8) is 0 Å². The average molecular weight is 444 g/mol. The monoisotopic (exact) mass is 444 g/mol. The van der Waals surface area contributed by atoms with E-state index >= 15 is 0 Å². The quantitative estimate of drug-likeness (QED) is 0.679.